The minimum Gasteiger partial charge on any atom is -0.484 e. The first-order valence-corrected chi connectivity index (χ1v) is 7.24. The molecule has 0 heterocycles. The molecule has 0 aliphatic rings. The number of benzene rings is 1. The van der Waals surface area contributed by atoms with E-state index in [0.29, 0.717) is 11.4 Å². The van der Waals surface area contributed by atoms with Crippen molar-refractivity contribution in [3.8, 4) is 5.75 Å². The number of hydrogen-bond donors (Lipinski definition) is 3. The molecule has 0 spiro atoms. The van der Waals surface area contributed by atoms with E-state index in [1.165, 1.54) is 7.05 Å². The summed E-state index contributed by atoms with van der Waals surface area (Å²) in [4.78, 5) is 11.4. The Balaban J connectivity index is 2.27. The van der Waals surface area contributed by atoms with Crippen LogP contribution in [0.15, 0.2) is 24.3 Å². The highest BCUT2D eigenvalue weighted by Gasteiger charge is 2.08. The SMILES string of the molecule is CNS(=O)(=O)CCNC(=O)COc1ccc(N)cc1. The van der Waals surface area contributed by atoms with Crippen LogP contribution in [-0.2, 0) is 14.8 Å². The first-order valence-electron chi connectivity index (χ1n) is 5.59. The zero-order valence-corrected chi connectivity index (χ0v) is 11.4. The minimum absolute atomic E-state index is 0.0348. The standard InChI is InChI=1S/C11H17N3O4S/c1-13-19(16,17)7-6-14-11(15)8-18-10-4-2-9(12)3-5-10/h2-5,13H,6-8,12H2,1H3,(H,14,15). The van der Waals surface area contributed by atoms with Crippen molar-refractivity contribution >= 4 is 21.6 Å². The van der Waals surface area contributed by atoms with Crippen LogP contribution in [0.4, 0.5) is 5.69 Å². The van der Waals surface area contributed by atoms with E-state index in [1.807, 2.05) is 0 Å². The predicted molar refractivity (Wildman–Crippen MR) is 72.2 cm³/mol. The molecule has 1 rings (SSSR count). The maximum Gasteiger partial charge on any atom is 0.257 e. The van der Waals surface area contributed by atoms with Crippen molar-refractivity contribution in [1.29, 1.82) is 0 Å². The molecule has 0 atom stereocenters. The Kier molecular flexibility index (Phi) is 5.58. The third kappa shape index (κ3) is 6.07. The number of sulfonamides is 1. The molecule has 0 radical (unpaired) electrons. The Morgan fingerprint density at radius 2 is 1.95 bits per heavy atom. The molecule has 0 fully saturated rings. The number of ether oxygens (including phenoxy) is 1. The Morgan fingerprint density at radius 1 is 1.32 bits per heavy atom. The lowest BCUT2D eigenvalue weighted by Crippen LogP contribution is -2.35. The summed E-state index contributed by atoms with van der Waals surface area (Å²) in [5.41, 5.74) is 6.11. The van der Waals surface area contributed by atoms with Crippen molar-refractivity contribution in [2.75, 3.05) is 31.7 Å². The lowest BCUT2D eigenvalue weighted by atomic mass is 10.3. The molecule has 4 N–H and O–H groups in total. The summed E-state index contributed by atoms with van der Waals surface area (Å²) in [6.07, 6.45) is 0. The van der Waals surface area contributed by atoms with Crippen LogP contribution in [0.5, 0.6) is 5.75 Å². The molecule has 0 bridgehead atoms. The van der Waals surface area contributed by atoms with Gasteiger partial charge in [-0.25, -0.2) is 13.1 Å². The number of amides is 1. The maximum atomic E-state index is 11.4. The van der Waals surface area contributed by atoms with Gasteiger partial charge in [0.25, 0.3) is 5.91 Å². The molecule has 19 heavy (non-hydrogen) atoms. The fourth-order valence-electron chi connectivity index (χ4n) is 1.19. The largest absolute Gasteiger partial charge is 0.484 e. The predicted octanol–water partition coefficient (Wildman–Crippen LogP) is -0.687. The molecule has 1 aromatic carbocycles. The summed E-state index contributed by atoms with van der Waals surface area (Å²) < 4.78 is 29.5. The van der Waals surface area contributed by atoms with E-state index < -0.39 is 10.0 Å². The Morgan fingerprint density at radius 3 is 2.53 bits per heavy atom. The highest BCUT2D eigenvalue weighted by Crippen LogP contribution is 2.12. The molecule has 7 nitrogen and oxygen atoms in total. The average molecular weight is 287 g/mol. The van der Waals surface area contributed by atoms with Crippen LogP contribution < -0.4 is 20.5 Å². The highest BCUT2D eigenvalue weighted by atomic mass is 32.2. The van der Waals surface area contributed by atoms with Crippen molar-refractivity contribution in [1.82, 2.24) is 10.0 Å². The summed E-state index contributed by atoms with van der Waals surface area (Å²) in [6, 6.07) is 6.61. The van der Waals surface area contributed by atoms with Crippen LogP contribution in [0.25, 0.3) is 0 Å². The van der Waals surface area contributed by atoms with Crippen LogP contribution in [0.1, 0.15) is 0 Å². The van der Waals surface area contributed by atoms with Gasteiger partial charge in [0.15, 0.2) is 6.61 Å². The van der Waals surface area contributed by atoms with E-state index in [0.717, 1.165) is 0 Å². The molecule has 0 saturated carbocycles. The Hall–Kier alpha value is -1.80. The van der Waals surface area contributed by atoms with E-state index >= 15 is 0 Å². The number of rotatable bonds is 7. The molecule has 1 aromatic rings. The van der Waals surface area contributed by atoms with Gasteiger partial charge in [-0.1, -0.05) is 0 Å². The number of hydrogen-bond acceptors (Lipinski definition) is 5. The fourth-order valence-corrected chi connectivity index (χ4v) is 1.77. The van der Waals surface area contributed by atoms with Gasteiger partial charge in [-0.15, -0.1) is 0 Å². The van der Waals surface area contributed by atoms with Gasteiger partial charge < -0.3 is 15.8 Å². The van der Waals surface area contributed by atoms with E-state index in [2.05, 4.69) is 10.0 Å². The number of nitrogens with one attached hydrogen (secondary N) is 2. The molecule has 0 aromatic heterocycles. The molecular weight excluding hydrogens is 270 g/mol. The zero-order valence-electron chi connectivity index (χ0n) is 10.5. The second-order valence-electron chi connectivity index (χ2n) is 3.73. The minimum atomic E-state index is -3.31. The second kappa shape index (κ2) is 6.95. The van der Waals surface area contributed by atoms with Gasteiger partial charge in [-0.2, -0.15) is 0 Å². The van der Waals surface area contributed by atoms with E-state index in [9.17, 15) is 13.2 Å². The number of carbonyl (C=O) groups is 1. The summed E-state index contributed by atoms with van der Waals surface area (Å²) in [6.45, 7) is -0.142. The highest BCUT2D eigenvalue weighted by molar-refractivity contribution is 7.89. The fraction of sp³-hybridized carbons (Fsp3) is 0.364. The summed E-state index contributed by atoms with van der Waals surface area (Å²) >= 11 is 0. The van der Waals surface area contributed by atoms with Crippen LogP contribution in [0.2, 0.25) is 0 Å². The van der Waals surface area contributed by atoms with Crippen molar-refractivity contribution in [2.24, 2.45) is 0 Å². The number of nitrogens with two attached hydrogens (primary N) is 1. The van der Waals surface area contributed by atoms with Crippen molar-refractivity contribution in [2.45, 2.75) is 0 Å². The Bertz CT molecular complexity index is 513. The van der Waals surface area contributed by atoms with Gasteiger partial charge in [0.2, 0.25) is 10.0 Å². The molecule has 106 valence electrons. The van der Waals surface area contributed by atoms with Crippen LogP contribution in [-0.4, -0.2) is 40.3 Å². The molecule has 0 saturated heterocycles. The summed E-state index contributed by atoms with van der Waals surface area (Å²) in [7, 11) is -1.99. The first-order chi connectivity index (χ1) is 8.93. The van der Waals surface area contributed by atoms with E-state index in [1.54, 1.807) is 24.3 Å². The average Bonchev–Trinajstić information content (AvgIpc) is 2.38. The van der Waals surface area contributed by atoms with Crippen molar-refractivity contribution in [3.05, 3.63) is 24.3 Å². The maximum absolute atomic E-state index is 11.4. The van der Waals surface area contributed by atoms with Crippen molar-refractivity contribution < 1.29 is 17.9 Å². The van der Waals surface area contributed by atoms with E-state index in [-0.39, 0.29) is 24.8 Å². The third-order valence-corrected chi connectivity index (χ3v) is 3.62. The topological polar surface area (TPSA) is 111 Å². The smallest absolute Gasteiger partial charge is 0.257 e. The van der Waals surface area contributed by atoms with Crippen LogP contribution in [0, 0.1) is 0 Å². The Labute approximate surface area is 112 Å². The monoisotopic (exact) mass is 287 g/mol. The summed E-state index contributed by atoms with van der Waals surface area (Å²) in [5.74, 6) is -0.0350. The number of carbonyl (C=O) groups excluding carboxylic acids is 1. The third-order valence-electron chi connectivity index (χ3n) is 2.25. The van der Waals surface area contributed by atoms with Gasteiger partial charge in [-0.3, -0.25) is 4.79 Å². The van der Waals surface area contributed by atoms with Gasteiger partial charge >= 0.3 is 0 Å². The van der Waals surface area contributed by atoms with Crippen molar-refractivity contribution in [3.63, 3.8) is 0 Å². The van der Waals surface area contributed by atoms with Gasteiger partial charge in [0.1, 0.15) is 5.75 Å². The quantitative estimate of drug-likeness (QED) is 0.575. The molecule has 0 aliphatic heterocycles. The number of anilines is 1. The molecule has 1 amide bonds. The normalized spacial score (nSPS) is 11.0. The van der Waals surface area contributed by atoms with Gasteiger partial charge in [-0.05, 0) is 31.3 Å². The number of nitrogen functional groups attached to an aromatic ring is 1. The first kappa shape index (κ1) is 15.3. The molecular formula is C11H17N3O4S. The van der Waals surface area contributed by atoms with Crippen LogP contribution in [0.3, 0.4) is 0 Å². The van der Waals surface area contributed by atoms with E-state index in [4.69, 9.17) is 10.5 Å². The van der Waals surface area contributed by atoms with Gasteiger partial charge in [0, 0.05) is 12.2 Å². The lowest BCUT2D eigenvalue weighted by molar-refractivity contribution is -0.122. The van der Waals surface area contributed by atoms with Gasteiger partial charge in [0.05, 0.1) is 5.75 Å². The zero-order chi connectivity index (χ0) is 14.3. The molecule has 8 heteroatoms. The van der Waals surface area contributed by atoms with Crippen LogP contribution >= 0.6 is 0 Å². The summed E-state index contributed by atoms with van der Waals surface area (Å²) in [5, 5.41) is 2.45. The lowest BCUT2D eigenvalue weighted by Gasteiger charge is -2.07. The molecule has 0 aliphatic carbocycles. The molecule has 0 unspecified atom stereocenters. The second-order valence-corrected chi connectivity index (χ2v) is 5.78.